The fraction of sp³-hybridized carbons (Fsp3) is 0.333. The summed E-state index contributed by atoms with van der Waals surface area (Å²) in [5, 5.41) is 27.6. The van der Waals surface area contributed by atoms with Crippen LogP contribution in [0.5, 0.6) is 5.75 Å². The molecule has 0 aliphatic rings. The summed E-state index contributed by atoms with van der Waals surface area (Å²) in [6.07, 6.45) is 1.25. The molecule has 0 aliphatic carbocycles. The van der Waals surface area contributed by atoms with Crippen LogP contribution in [0, 0.1) is 6.92 Å². The molecule has 0 saturated heterocycles. The Morgan fingerprint density at radius 2 is 1.82 bits per heavy atom. The Balaban J connectivity index is 3.57. The average Bonchev–Trinajstić information content (AvgIpc) is 2.22. The van der Waals surface area contributed by atoms with Crippen LogP contribution in [-0.4, -0.2) is 27.3 Å². The molecule has 0 saturated carbocycles. The van der Waals surface area contributed by atoms with Gasteiger partial charge in [-0.2, -0.15) is 0 Å². The van der Waals surface area contributed by atoms with E-state index >= 15 is 0 Å². The Morgan fingerprint density at radius 1 is 1.24 bits per heavy atom. The zero-order valence-corrected chi connectivity index (χ0v) is 9.65. The molecule has 0 heterocycles. The summed E-state index contributed by atoms with van der Waals surface area (Å²) < 4.78 is 0. The standard InChI is InChI=1S/C12H14O5/c1-3-4-7-6(2)10(12(16)17)8(11(14)15)5-9(7)13/h5,13H,3-4H2,1-2H3,(H,14,15)(H,16,17). The average molecular weight is 238 g/mol. The highest BCUT2D eigenvalue weighted by atomic mass is 16.4. The third-order valence-corrected chi connectivity index (χ3v) is 2.63. The van der Waals surface area contributed by atoms with E-state index in [1.807, 2.05) is 6.92 Å². The first-order valence-corrected chi connectivity index (χ1v) is 5.22. The van der Waals surface area contributed by atoms with E-state index in [-0.39, 0.29) is 16.9 Å². The van der Waals surface area contributed by atoms with Crippen LogP contribution in [0.2, 0.25) is 0 Å². The smallest absolute Gasteiger partial charge is 0.336 e. The van der Waals surface area contributed by atoms with E-state index in [2.05, 4.69) is 0 Å². The van der Waals surface area contributed by atoms with Gasteiger partial charge in [0.15, 0.2) is 0 Å². The normalized spacial score (nSPS) is 10.2. The molecule has 3 N–H and O–H groups in total. The highest BCUT2D eigenvalue weighted by Crippen LogP contribution is 2.29. The number of carbonyl (C=O) groups is 2. The van der Waals surface area contributed by atoms with Crippen LogP contribution >= 0.6 is 0 Å². The van der Waals surface area contributed by atoms with Crippen LogP contribution < -0.4 is 0 Å². The molecule has 5 nitrogen and oxygen atoms in total. The van der Waals surface area contributed by atoms with E-state index in [0.717, 1.165) is 12.5 Å². The summed E-state index contributed by atoms with van der Waals surface area (Å²) in [7, 11) is 0. The molecule has 0 aliphatic heterocycles. The van der Waals surface area contributed by atoms with Crippen molar-refractivity contribution in [2.45, 2.75) is 26.7 Å². The first kappa shape index (κ1) is 13.0. The quantitative estimate of drug-likeness (QED) is 0.746. The number of carboxylic acids is 2. The molecule has 0 unspecified atom stereocenters. The number of phenols is 1. The number of rotatable bonds is 4. The van der Waals surface area contributed by atoms with E-state index in [9.17, 15) is 14.7 Å². The molecular formula is C12H14O5. The van der Waals surface area contributed by atoms with E-state index in [0.29, 0.717) is 17.5 Å². The molecule has 1 aromatic rings. The summed E-state index contributed by atoms with van der Waals surface area (Å²) in [5.74, 6) is -2.81. The van der Waals surface area contributed by atoms with Crippen molar-refractivity contribution in [2.24, 2.45) is 0 Å². The monoisotopic (exact) mass is 238 g/mol. The molecule has 0 radical (unpaired) electrons. The van der Waals surface area contributed by atoms with Gasteiger partial charge >= 0.3 is 11.9 Å². The fourth-order valence-electron chi connectivity index (χ4n) is 1.85. The Labute approximate surface area is 98.3 Å². The van der Waals surface area contributed by atoms with Gasteiger partial charge in [0.2, 0.25) is 0 Å². The topological polar surface area (TPSA) is 94.8 Å². The summed E-state index contributed by atoms with van der Waals surface area (Å²) in [6.45, 7) is 3.41. The predicted molar refractivity (Wildman–Crippen MR) is 60.8 cm³/mol. The number of benzene rings is 1. The molecule has 92 valence electrons. The zero-order valence-electron chi connectivity index (χ0n) is 9.65. The lowest BCUT2D eigenvalue weighted by Crippen LogP contribution is -2.12. The third-order valence-electron chi connectivity index (χ3n) is 2.63. The number of phenolic OH excluding ortho intramolecular Hbond substituents is 1. The van der Waals surface area contributed by atoms with Crippen LogP contribution in [0.1, 0.15) is 45.2 Å². The molecular weight excluding hydrogens is 224 g/mol. The van der Waals surface area contributed by atoms with Crippen LogP contribution in [0.25, 0.3) is 0 Å². The lowest BCUT2D eigenvalue weighted by Gasteiger charge is -2.13. The largest absolute Gasteiger partial charge is 0.508 e. The van der Waals surface area contributed by atoms with E-state index in [1.165, 1.54) is 6.92 Å². The van der Waals surface area contributed by atoms with Crippen molar-refractivity contribution in [3.63, 3.8) is 0 Å². The maximum atomic E-state index is 11.1. The van der Waals surface area contributed by atoms with Crippen LogP contribution in [0.4, 0.5) is 0 Å². The first-order chi connectivity index (χ1) is 7.90. The summed E-state index contributed by atoms with van der Waals surface area (Å²) in [5.41, 5.74) is 0.178. The Hall–Kier alpha value is -2.04. The van der Waals surface area contributed by atoms with Crippen molar-refractivity contribution in [1.82, 2.24) is 0 Å². The van der Waals surface area contributed by atoms with Gasteiger partial charge in [-0.25, -0.2) is 9.59 Å². The second kappa shape index (κ2) is 4.86. The lowest BCUT2D eigenvalue weighted by molar-refractivity contribution is 0.0650. The van der Waals surface area contributed by atoms with Crippen molar-refractivity contribution < 1.29 is 24.9 Å². The second-order valence-corrected chi connectivity index (χ2v) is 3.78. The summed E-state index contributed by atoms with van der Waals surface area (Å²) in [4.78, 5) is 22.0. The highest BCUT2D eigenvalue weighted by molar-refractivity contribution is 6.03. The van der Waals surface area contributed by atoms with Crippen molar-refractivity contribution in [2.75, 3.05) is 0 Å². The SMILES string of the molecule is CCCc1c(O)cc(C(=O)O)c(C(=O)O)c1C. The second-order valence-electron chi connectivity index (χ2n) is 3.78. The van der Waals surface area contributed by atoms with Gasteiger partial charge in [-0.1, -0.05) is 13.3 Å². The zero-order chi connectivity index (χ0) is 13.2. The molecule has 0 aromatic heterocycles. The van der Waals surface area contributed by atoms with Gasteiger partial charge in [0, 0.05) is 0 Å². The molecule has 5 heteroatoms. The van der Waals surface area contributed by atoms with Crippen LogP contribution in [0.3, 0.4) is 0 Å². The first-order valence-electron chi connectivity index (χ1n) is 5.22. The van der Waals surface area contributed by atoms with Crippen LogP contribution in [0.15, 0.2) is 6.07 Å². The maximum absolute atomic E-state index is 11.1. The summed E-state index contributed by atoms with van der Waals surface area (Å²) in [6, 6.07) is 1.00. The Kier molecular flexibility index (Phi) is 3.73. The highest BCUT2D eigenvalue weighted by Gasteiger charge is 2.23. The number of hydrogen-bond acceptors (Lipinski definition) is 3. The molecule has 0 spiro atoms. The molecule has 17 heavy (non-hydrogen) atoms. The third kappa shape index (κ3) is 2.38. The summed E-state index contributed by atoms with van der Waals surface area (Å²) >= 11 is 0. The minimum Gasteiger partial charge on any atom is -0.508 e. The Bertz CT molecular complexity index is 476. The van der Waals surface area contributed by atoms with Crippen molar-refractivity contribution in [3.05, 3.63) is 28.3 Å². The molecule has 0 amide bonds. The molecule has 0 atom stereocenters. The van der Waals surface area contributed by atoms with Gasteiger partial charge in [0.05, 0.1) is 11.1 Å². The van der Waals surface area contributed by atoms with Crippen molar-refractivity contribution >= 4 is 11.9 Å². The molecule has 1 aromatic carbocycles. The van der Waals surface area contributed by atoms with E-state index in [1.54, 1.807) is 0 Å². The van der Waals surface area contributed by atoms with Gasteiger partial charge in [0.25, 0.3) is 0 Å². The van der Waals surface area contributed by atoms with E-state index in [4.69, 9.17) is 10.2 Å². The number of hydrogen-bond donors (Lipinski definition) is 3. The van der Waals surface area contributed by atoms with Gasteiger partial charge in [-0.3, -0.25) is 0 Å². The maximum Gasteiger partial charge on any atom is 0.336 e. The van der Waals surface area contributed by atoms with Crippen LogP contribution in [-0.2, 0) is 6.42 Å². The van der Waals surface area contributed by atoms with Crippen molar-refractivity contribution in [1.29, 1.82) is 0 Å². The van der Waals surface area contributed by atoms with Gasteiger partial charge < -0.3 is 15.3 Å². The molecule has 1 rings (SSSR count). The fourth-order valence-corrected chi connectivity index (χ4v) is 1.85. The van der Waals surface area contributed by atoms with Gasteiger partial charge in [-0.05, 0) is 30.5 Å². The Morgan fingerprint density at radius 3 is 2.24 bits per heavy atom. The lowest BCUT2D eigenvalue weighted by atomic mass is 9.93. The molecule has 0 bridgehead atoms. The molecule has 0 fully saturated rings. The minimum atomic E-state index is -1.36. The minimum absolute atomic E-state index is 0.160. The van der Waals surface area contributed by atoms with Gasteiger partial charge in [0.1, 0.15) is 5.75 Å². The van der Waals surface area contributed by atoms with Crippen molar-refractivity contribution in [3.8, 4) is 5.75 Å². The van der Waals surface area contributed by atoms with E-state index < -0.39 is 11.9 Å². The predicted octanol–water partition coefficient (Wildman–Crippen LogP) is 2.05. The number of carboxylic acid groups (broad SMARTS) is 2. The number of aromatic carboxylic acids is 2. The number of aromatic hydroxyl groups is 1. The van der Waals surface area contributed by atoms with Gasteiger partial charge in [-0.15, -0.1) is 0 Å².